The lowest BCUT2D eigenvalue weighted by molar-refractivity contribution is -0.142. The molecule has 1 aliphatic heterocycles. The van der Waals surface area contributed by atoms with Crippen molar-refractivity contribution < 1.29 is 24.3 Å². The predicted octanol–water partition coefficient (Wildman–Crippen LogP) is -0.528. The van der Waals surface area contributed by atoms with Crippen LogP contribution >= 0.6 is 0 Å². The van der Waals surface area contributed by atoms with E-state index in [1.165, 1.54) is 6.92 Å². The summed E-state index contributed by atoms with van der Waals surface area (Å²) in [6.45, 7) is 6.46. The molecule has 1 saturated heterocycles. The lowest BCUT2D eigenvalue weighted by Crippen LogP contribution is -2.56. The highest BCUT2D eigenvalue weighted by Gasteiger charge is 2.29. The van der Waals surface area contributed by atoms with E-state index in [9.17, 15) is 24.3 Å². The molecule has 1 aliphatic rings. The largest absolute Gasteiger partial charge is 0.480 e. The number of hydrogen-bond donors (Lipinski definition) is 6. The first-order chi connectivity index (χ1) is 14.1. The molecule has 0 aromatic carbocycles. The molecule has 30 heavy (non-hydrogen) atoms. The van der Waals surface area contributed by atoms with Gasteiger partial charge in [-0.05, 0) is 64.5 Å². The number of hydrogen-bond acceptors (Lipinski definition) is 6. The highest BCUT2D eigenvalue weighted by atomic mass is 16.4. The third-order valence-electron chi connectivity index (χ3n) is 5.03. The molecule has 4 unspecified atom stereocenters. The Morgan fingerprint density at radius 1 is 1.03 bits per heavy atom. The topological polar surface area (TPSA) is 163 Å². The SMILES string of the molecule is CC(C)CC(NC(=O)C(C)NC(=O)C(CCCCN)NC(=O)C1CCCN1)C(=O)O. The van der Waals surface area contributed by atoms with Gasteiger partial charge in [0.05, 0.1) is 6.04 Å². The van der Waals surface area contributed by atoms with Gasteiger partial charge in [0.1, 0.15) is 18.1 Å². The van der Waals surface area contributed by atoms with Crippen LogP contribution in [0.2, 0.25) is 0 Å². The number of nitrogens with one attached hydrogen (secondary N) is 4. The Morgan fingerprint density at radius 2 is 1.73 bits per heavy atom. The molecule has 1 heterocycles. The second-order valence-corrected chi connectivity index (χ2v) is 8.25. The molecule has 0 spiro atoms. The third kappa shape index (κ3) is 9.08. The summed E-state index contributed by atoms with van der Waals surface area (Å²) >= 11 is 0. The van der Waals surface area contributed by atoms with Crippen LogP contribution < -0.4 is 27.0 Å². The second kappa shape index (κ2) is 13.2. The fourth-order valence-electron chi connectivity index (χ4n) is 3.31. The molecule has 7 N–H and O–H groups in total. The quantitative estimate of drug-likeness (QED) is 0.215. The van der Waals surface area contributed by atoms with Gasteiger partial charge in [-0.3, -0.25) is 14.4 Å². The zero-order valence-corrected chi connectivity index (χ0v) is 18.2. The van der Waals surface area contributed by atoms with Gasteiger partial charge in [-0.1, -0.05) is 13.8 Å². The number of aliphatic carboxylic acids is 1. The molecule has 172 valence electrons. The third-order valence-corrected chi connectivity index (χ3v) is 5.03. The Hall–Kier alpha value is -2.20. The minimum Gasteiger partial charge on any atom is -0.480 e. The molecular weight excluding hydrogens is 390 g/mol. The number of carboxylic acids is 1. The van der Waals surface area contributed by atoms with E-state index in [1.54, 1.807) is 0 Å². The van der Waals surface area contributed by atoms with Crippen LogP contribution in [0.4, 0.5) is 0 Å². The van der Waals surface area contributed by atoms with Crippen molar-refractivity contribution in [3.8, 4) is 0 Å². The standard InChI is InChI=1S/C20H37N5O5/c1-12(2)11-16(20(29)30)25-17(26)13(3)23-19(28)15(7-4-5-9-21)24-18(27)14-8-6-10-22-14/h12-16,22H,4-11,21H2,1-3H3,(H,23,28)(H,24,27)(H,25,26)(H,29,30). The summed E-state index contributed by atoms with van der Waals surface area (Å²) in [5, 5.41) is 20.2. The number of nitrogens with two attached hydrogens (primary N) is 1. The lowest BCUT2D eigenvalue weighted by atomic mass is 10.0. The summed E-state index contributed by atoms with van der Waals surface area (Å²) in [5.41, 5.74) is 5.52. The van der Waals surface area contributed by atoms with Crippen molar-refractivity contribution in [2.75, 3.05) is 13.1 Å². The summed E-state index contributed by atoms with van der Waals surface area (Å²) < 4.78 is 0. The zero-order chi connectivity index (χ0) is 22.7. The first-order valence-electron chi connectivity index (χ1n) is 10.7. The molecule has 1 fully saturated rings. The molecular formula is C20H37N5O5. The van der Waals surface area contributed by atoms with Gasteiger partial charge in [0.2, 0.25) is 17.7 Å². The fraction of sp³-hybridized carbons (Fsp3) is 0.800. The number of carbonyl (C=O) groups excluding carboxylic acids is 3. The predicted molar refractivity (Wildman–Crippen MR) is 112 cm³/mol. The first kappa shape index (κ1) is 25.8. The van der Waals surface area contributed by atoms with Crippen LogP contribution in [0.3, 0.4) is 0 Å². The summed E-state index contributed by atoms with van der Waals surface area (Å²) in [5.74, 6) is -2.33. The average molecular weight is 428 g/mol. The van der Waals surface area contributed by atoms with Crippen molar-refractivity contribution in [2.24, 2.45) is 11.7 Å². The smallest absolute Gasteiger partial charge is 0.326 e. The van der Waals surface area contributed by atoms with Crippen molar-refractivity contribution in [2.45, 2.75) is 83.5 Å². The summed E-state index contributed by atoms with van der Waals surface area (Å²) in [7, 11) is 0. The Labute approximate surface area is 178 Å². The van der Waals surface area contributed by atoms with Crippen LogP contribution in [0.5, 0.6) is 0 Å². The molecule has 0 aromatic rings. The van der Waals surface area contributed by atoms with Gasteiger partial charge < -0.3 is 32.1 Å². The van der Waals surface area contributed by atoms with Crippen LogP contribution in [-0.2, 0) is 19.2 Å². The van der Waals surface area contributed by atoms with Crippen molar-refractivity contribution >= 4 is 23.7 Å². The maximum Gasteiger partial charge on any atom is 0.326 e. The molecule has 0 bridgehead atoms. The van der Waals surface area contributed by atoms with Gasteiger partial charge in [-0.15, -0.1) is 0 Å². The van der Waals surface area contributed by atoms with Crippen LogP contribution in [0.15, 0.2) is 0 Å². The number of amides is 3. The van der Waals surface area contributed by atoms with Crippen molar-refractivity contribution in [3.63, 3.8) is 0 Å². The van der Waals surface area contributed by atoms with Gasteiger partial charge in [-0.2, -0.15) is 0 Å². The van der Waals surface area contributed by atoms with E-state index >= 15 is 0 Å². The minimum absolute atomic E-state index is 0.0858. The highest BCUT2D eigenvalue weighted by molar-refractivity contribution is 5.93. The molecule has 3 amide bonds. The molecule has 1 rings (SSSR count). The van der Waals surface area contributed by atoms with E-state index in [1.807, 2.05) is 13.8 Å². The van der Waals surface area contributed by atoms with Crippen LogP contribution in [-0.4, -0.2) is 66.1 Å². The second-order valence-electron chi connectivity index (χ2n) is 8.25. The number of unbranched alkanes of at least 4 members (excludes halogenated alkanes) is 1. The average Bonchev–Trinajstić information content (AvgIpc) is 3.21. The van der Waals surface area contributed by atoms with Gasteiger partial charge in [-0.25, -0.2) is 4.79 Å². The molecule has 0 aliphatic carbocycles. The molecule has 10 nitrogen and oxygen atoms in total. The maximum atomic E-state index is 12.7. The van der Waals surface area contributed by atoms with Crippen molar-refractivity contribution in [1.82, 2.24) is 21.3 Å². The molecule has 10 heteroatoms. The molecule has 0 aromatic heterocycles. The van der Waals surface area contributed by atoms with Crippen LogP contribution in [0.1, 0.15) is 59.3 Å². The van der Waals surface area contributed by atoms with E-state index < -0.39 is 35.9 Å². The van der Waals surface area contributed by atoms with E-state index in [0.717, 1.165) is 13.0 Å². The minimum atomic E-state index is -1.12. The Morgan fingerprint density at radius 3 is 2.27 bits per heavy atom. The molecule has 0 radical (unpaired) electrons. The van der Waals surface area contributed by atoms with Crippen LogP contribution in [0.25, 0.3) is 0 Å². The van der Waals surface area contributed by atoms with Crippen molar-refractivity contribution in [1.29, 1.82) is 0 Å². The Bertz CT molecular complexity index is 592. The maximum absolute atomic E-state index is 12.7. The fourth-order valence-corrected chi connectivity index (χ4v) is 3.31. The number of carboxylic acid groups (broad SMARTS) is 1. The summed E-state index contributed by atoms with van der Waals surface area (Å²) in [6.07, 6.45) is 3.68. The van der Waals surface area contributed by atoms with E-state index in [2.05, 4.69) is 21.3 Å². The van der Waals surface area contributed by atoms with E-state index in [4.69, 9.17) is 5.73 Å². The number of rotatable bonds is 13. The Kier molecular flexibility index (Phi) is 11.3. The lowest BCUT2D eigenvalue weighted by Gasteiger charge is -2.24. The monoisotopic (exact) mass is 427 g/mol. The van der Waals surface area contributed by atoms with E-state index in [-0.39, 0.29) is 24.3 Å². The van der Waals surface area contributed by atoms with Crippen LogP contribution in [0, 0.1) is 5.92 Å². The summed E-state index contributed by atoms with van der Waals surface area (Å²) in [6, 6.07) is -3.06. The first-order valence-corrected chi connectivity index (χ1v) is 10.7. The normalized spacial score (nSPS) is 19.0. The molecule has 4 atom stereocenters. The molecule has 0 saturated carbocycles. The van der Waals surface area contributed by atoms with Gasteiger partial charge >= 0.3 is 5.97 Å². The zero-order valence-electron chi connectivity index (χ0n) is 18.2. The van der Waals surface area contributed by atoms with Gasteiger partial charge in [0, 0.05) is 0 Å². The van der Waals surface area contributed by atoms with Crippen molar-refractivity contribution in [3.05, 3.63) is 0 Å². The van der Waals surface area contributed by atoms with E-state index in [0.29, 0.717) is 32.2 Å². The highest BCUT2D eigenvalue weighted by Crippen LogP contribution is 2.08. The van der Waals surface area contributed by atoms with Gasteiger partial charge in [0.25, 0.3) is 0 Å². The Balaban J connectivity index is 2.68. The summed E-state index contributed by atoms with van der Waals surface area (Å²) in [4.78, 5) is 48.9. The van der Waals surface area contributed by atoms with Gasteiger partial charge in [0.15, 0.2) is 0 Å². The number of carbonyl (C=O) groups is 4.